The summed E-state index contributed by atoms with van der Waals surface area (Å²) < 4.78 is 0. The van der Waals surface area contributed by atoms with Crippen LogP contribution in [0.2, 0.25) is 0 Å². The highest BCUT2D eigenvalue weighted by Gasteiger charge is 2.15. The number of carbonyl (C=O) groups is 1. The summed E-state index contributed by atoms with van der Waals surface area (Å²) >= 11 is 0. The molecule has 0 aromatic carbocycles. The Morgan fingerprint density at radius 3 is 3.07 bits per heavy atom. The number of rotatable bonds is 2. The largest absolute Gasteiger partial charge is 0.480 e. The van der Waals surface area contributed by atoms with Crippen molar-refractivity contribution in [2.75, 3.05) is 0 Å². The van der Waals surface area contributed by atoms with Crippen LogP contribution in [0.5, 0.6) is 0 Å². The smallest absolute Gasteiger partial charge is 0.325 e. The van der Waals surface area contributed by atoms with Crippen molar-refractivity contribution in [3.05, 3.63) is 23.7 Å². The van der Waals surface area contributed by atoms with Crippen LogP contribution < -0.4 is 5.73 Å². The Kier molecular flexibility index (Phi) is 2.12. The van der Waals surface area contributed by atoms with E-state index in [9.17, 15) is 4.79 Å². The number of nitrogens with zero attached hydrogens (tertiary/aromatic N) is 2. The molecule has 2 heterocycles. The van der Waals surface area contributed by atoms with E-state index in [1.54, 1.807) is 13.0 Å². The Hall–Kier alpha value is -1.95. The number of carboxylic acids is 1. The molecule has 1 unspecified atom stereocenters. The second kappa shape index (κ2) is 3.32. The van der Waals surface area contributed by atoms with E-state index in [0.29, 0.717) is 16.7 Å². The third kappa shape index (κ3) is 1.66. The second-order valence-electron chi connectivity index (χ2n) is 3.28. The van der Waals surface area contributed by atoms with E-state index in [4.69, 9.17) is 10.8 Å². The van der Waals surface area contributed by atoms with E-state index in [0.717, 1.165) is 5.82 Å². The molecule has 2 aromatic heterocycles. The predicted molar refractivity (Wildman–Crippen MR) is 53.2 cm³/mol. The van der Waals surface area contributed by atoms with Crippen LogP contribution in [0.25, 0.3) is 11.2 Å². The average molecular weight is 206 g/mol. The highest BCUT2D eigenvalue weighted by molar-refractivity contribution is 5.78. The van der Waals surface area contributed by atoms with Crippen molar-refractivity contribution in [3.8, 4) is 0 Å². The fourth-order valence-corrected chi connectivity index (χ4v) is 1.35. The zero-order valence-corrected chi connectivity index (χ0v) is 8.06. The molecule has 0 amide bonds. The summed E-state index contributed by atoms with van der Waals surface area (Å²) in [6.07, 6.45) is 1.43. The molecule has 0 fully saturated rings. The zero-order chi connectivity index (χ0) is 11.0. The molecular formula is C9H10N4O2. The molecule has 0 saturated carbocycles. The summed E-state index contributed by atoms with van der Waals surface area (Å²) in [6, 6.07) is 0.603. The molecule has 0 saturated heterocycles. The number of carboxylic acid groups (broad SMARTS) is 1. The molecule has 6 nitrogen and oxygen atoms in total. The summed E-state index contributed by atoms with van der Waals surface area (Å²) in [5.41, 5.74) is 7.18. The maximum absolute atomic E-state index is 10.7. The SMILES string of the molecule is Cc1nc2ncc(C(N)C(=O)O)cc2[nH]1. The highest BCUT2D eigenvalue weighted by Crippen LogP contribution is 2.15. The molecule has 1 atom stereocenters. The van der Waals surface area contributed by atoms with Crippen molar-refractivity contribution < 1.29 is 9.90 Å². The number of imidazole rings is 1. The fraction of sp³-hybridized carbons (Fsp3) is 0.222. The van der Waals surface area contributed by atoms with Crippen LogP contribution in [0.15, 0.2) is 12.3 Å². The standard InChI is InChI=1S/C9H10N4O2/c1-4-12-6-2-5(7(10)9(14)15)3-11-8(6)13-4/h2-3,7H,10H2,1H3,(H,14,15)(H,11,12,13). The number of hydrogen-bond acceptors (Lipinski definition) is 4. The van der Waals surface area contributed by atoms with Gasteiger partial charge in [-0.25, -0.2) is 9.97 Å². The van der Waals surface area contributed by atoms with Crippen LogP contribution in [0.3, 0.4) is 0 Å². The monoisotopic (exact) mass is 206 g/mol. The first-order chi connectivity index (χ1) is 7.08. The van der Waals surface area contributed by atoms with Gasteiger partial charge in [-0.3, -0.25) is 4.79 Å². The number of pyridine rings is 1. The van der Waals surface area contributed by atoms with Crippen molar-refractivity contribution >= 4 is 17.1 Å². The molecule has 78 valence electrons. The number of aromatic amines is 1. The first-order valence-electron chi connectivity index (χ1n) is 4.38. The fourth-order valence-electron chi connectivity index (χ4n) is 1.35. The third-order valence-corrected chi connectivity index (χ3v) is 2.10. The second-order valence-corrected chi connectivity index (χ2v) is 3.28. The minimum Gasteiger partial charge on any atom is -0.480 e. The third-order valence-electron chi connectivity index (χ3n) is 2.10. The van der Waals surface area contributed by atoms with Gasteiger partial charge < -0.3 is 15.8 Å². The Morgan fingerprint density at radius 2 is 2.40 bits per heavy atom. The molecule has 0 aliphatic rings. The Balaban J connectivity index is 2.50. The molecule has 6 heteroatoms. The molecule has 2 rings (SSSR count). The maximum Gasteiger partial charge on any atom is 0.325 e. The number of aliphatic carboxylic acids is 1. The van der Waals surface area contributed by atoms with Gasteiger partial charge in [0.25, 0.3) is 0 Å². The van der Waals surface area contributed by atoms with Crippen LogP contribution in [-0.2, 0) is 4.79 Å². The summed E-state index contributed by atoms with van der Waals surface area (Å²) in [6.45, 7) is 1.80. The highest BCUT2D eigenvalue weighted by atomic mass is 16.4. The van der Waals surface area contributed by atoms with Gasteiger partial charge in [-0.1, -0.05) is 0 Å². The van der Waals surface area contributed by atoms with Crippen LogP contribution in [0.4, 0.5) is 0 Å². The summed E-state index contributed by atoms with van der Waals surface area (Å²) in [5.74, 6) is -0.342. The van der Waals surface area contributed by atoms with Gasteiger partial charge in [0, 0.05) is 11.8 Å². The quantitative estimate of drug-likeness (QED) is 0.657. The Bertz CT molecular complexity index is 520. The first-order valence-corrected chi connectivity index (χ1v) is 4.38. The normalized spacial score (nSPS) is 12.9. The molecule has 2 aromatic rings. The molecule has 4 N–H and O–H groups in total. The average Bonchev–Trinajstić information content (AvgIpc) is 2.55. The van der Waals surface area contributed by atoms with Gasteiger partial charge >= 0.3 is 5.97 Å². The molecule has 0 bridgehead atoms. The topological polar surface area (TPSA) is 105 Å². The van der Waals surface area contributed by atoms with E-state index in [2.05, 4.69) is 15.0 Å². The van der Waals surface area contributed by atoms with Crippen molar-refractivity contribution in [2.45, 2.75) is 13.0 Å². The number of nitrogens with two attached hydrogens (primary N) is 1. The lowest BCUT2D eigenvalue weighted by Gasteiger charge is -2.04. The van der Waals surface area contributed by atoms with Gasteiger partial charge in [-0.05, 0) is 13.0 Å². The van der Waals surface area contributed by atoms with Crippen molar-refractivity contribution in [1.29, 1.82) is 0 Å². The molecule has 0 aliphatic carbocycles. The molecular weight excluding hydrogens is 196 g/mol. The zero-order valence-electron chi connectivity index (χ0n) is 8.06. The van der Waals surface area contributed by atoms with Gasteiger partial charge in [-0.2, -0.15) is 0 Å². The number of aromatic nitrogens is 3. The molecule has 0 aliphatic heterocycles. The number of aryl methyl sites for hydroxylation is 1. The predicted octanol–water partition coefficient (Wildman–Crippen LogP) is 0.351. The van der Waals surface area contributed by atoms with E-state index in [1.165, 1.54) is 6.20 Å². The van der Waals surface area contributed by atoms with Crippen molar-refractivity contribution in [3.63, 3.8) is 0 Å². The summed E-state index contributed by atoms with van der Waals surface area (Å²) in [4.78, 5) is 21.8. The lowest BCUT2D eigenvalue weighted by atomic mass is 10.1. The van der Waals surface area contributed by atoms with E-state index < -0.39 is 12.0 Å². The van der Waals surface area contributed by atoms with Crippen LogP contribution in [0.1, 0.15) is 17.4 Å². The van der Waals surface area contributed by atoms with Gasteiger partial charge in [0.1, 0.15) is 11.9 Å². The van der Waals surface area contributed by atoms with Crippen molar-refractivity contribution in [1.82, 2.24) is 15.0 Å². The molecule has 0 spiro atoms. The first kappa shape index (κ1) is 9.60. The number of hydrogen-bond donors (Lipinski definition) is 3. The van der Waals surface area contributed by atoms with E-state index in [-0.39, 0.29) is 0 Å². The number of H-pyrrole nitrogens is 1. The lowest BCUT2D eigenvalue weighted by Crippen LogP contribution is -2.20. The maximum atomic E-state index is 10.7. The van der Waals surface area contributed by atoms with Crippen LogP contribution in [-0.4, -0.2) is 26.0 Å². The molecule has 15 heavy (non-hydrogen) atoms. The number of fused-ring (bicyclic) bond motifs is 1. The van der Waals surface area contributed by atoms with Crippen LogP contribution >= 0.6 is 0 Å². The minimum atomic E-state index is -1.08. The van der Waals surface area contributed by atoms with Crippen molar-refractivity contribution in [2.24, 2.45) is 5.73 Å². The molecule has 0 radical (unpaired) electrons. The Labute approximate surface area is 85.2 Å². The number of nitrogens with one attached hydrogen (secondary N) is 1. The summed E-state index contributed by atoms with van der Waals surface area (Å²) in [7, 11) is 0. The Morgan fingerprint density at radius 1 is 1.67 bits per heavy atom. The summed E-state index contributed by atoms with van der Waals surface area (Å²) in [5, 5.41) is 8.73. The van der Waals surface area contributed by atoms with E-state index in [1.807, 2.05) is 0 Å². The van der Waals surface area contributed by atoms with Gasteiger partial charge in [0.2, 0.25) is 0 Å². The lowest BCUT2D eigenvalue weighted by molar-refractivity contribution is -0.138. The van der Waals surface area contributed by atoms with Gasteiger partial charge in [0.15, 0.2) is 5.65 Å². The minimum absolute atomic E-state index is 0.457. The van der Waals surface area contributed by atoms with Gasteiger partial charge in [-0.15, -0.1) is 0 Å². The van der Waals surface area contributed by atoms with Crippen LogP contribution in [0, 0.1) is 6.92 Å². The van der Waals surface area contributed by atoms with E-state index >= 15 is 0 Å². The van der Waals surface area contributed by atoms with Gasteiger partial charge in [0.05, 0.1) is 5.52 Å².